The fourth-order valence-electron chi connectivity index (χ4n) is 2.48. The largest absolute Gasteiger partial charge is 0.481 e. The van der Waals surface area contributed by atoms with Gasteiger partial charge in [0.2, 0.25) is 0 Å². The zero-order valence-corrected chi connectivity index (χ0v) is 12.3. The van der Waals surface area contributed by atoms with Crippen molar-refractivity contribution in [3.05, 3.63) is 28.8 Å². The summed E-state index contributed by atoms with van der Waals surface area (Å²) in [6.07, 6.45) is 3.81. The Balaban J connectivity index is 3.11. The summed E-state index contributed by atoms with van der Waals surface area (Å²) in [5, 5.41) is 10.1. The van der Waals surface area contributed by atoms with E-state index in [1.807, 2.05) is 6.92 Å². The van der Waals surface area contributed by atoms with Gasteiger partial charge < -0.3 is 10.8 Å². The summed E-state index contributed by atoms with van der Waals surface area (Å²) < 4.78 is 0. The van der Waals surface area contributed by atoms with Crippen LogP contribution in [0.2, 0.25) is 5.02 Å². The molecule has 0 aromatic heterocycles. The third kappa shape index (κ3) is 4.13. The molecule has 19 heavy (non-hydrogen) atoms. The number of carboxylic acid groups (broad SMARTS) is 1. The first-order chi connectivity index (χ1) is 9.01. The Labute approximate surface area is 119 Å². The van der Waals surface area contributed by atoms with Gasteiger partial charge in [-0.3, -0.25) is 4.79 Å². The van der Waals surface area contributed by atoms with E-state index in [0.29, 0.717) is 16.3 Å². The molecule has 0 spiro atoms. The number of carbonyl (C=O) groups is 1. The molecule has 3 N–H and O–H groups in total. The molecule has 1 rings (SSSR count). The second-order valence-corrected chi connectivity index (χ2v) is 5.34. The summed E-state index contributed by atoms with van der Waals surface area (Å²) in [6.45, 7) is 4.13. The highest BCUT2D eigenvalue weighted by Crippen LogP contribution is 2.35. The molecule has 0 saturated heterocycles. The van der Waals surface area contributed by atoms with Crippen LogP contribution in [0.15, 0.2) is 18.2 Å². The van der Waals surface area contributed by atoms with E-state index in [2.05, 4.69) is 6.92 Å². The van der Waals surface area contributed by atoms with Crippen molar-refractivity contribution in [2.75, 3.05) is 5.73 Å². The van der Waals surface area contributed by atoms with E-state index in [4.69, 9.17) is 17.3 Å². The molecule has 0 aliphatic rings. The van der Waals surface area contributed by atoms with Crippen molar-refractivity contribution in [3.63, 3.8) is 0 Å². The lowest BCUT2D eigenvalue weighted by atomic mass is 9.80. The molecule has 0 amide bonds. The van der Waals surface area contributed by atoms with Crippen LogP contribution in [0.4, 0.5) is 5.69 Å². The lowest BCUT2D eigenvalue weighted by Gasteiger charge is -2.24. The summed E-state index contributed by atoms with van der Waals surface area (Å²) in [7, 11) is 0. The standard InChI is InChI=1S/C15H22ClNO2/c1-3-5-6-10(4-2)14(15(18)19)12-9-11(16)7-8-13(12)17/h7-10,14H,3-6,17H2,1-2H3,(H,18,19). The molecule has 1 aromatic carbocycles. The van der Waals surface area contributed by atoms with Crippen molar-refractivity contribution in [3.8, 4) is 0 Å². The highest BCUT2D eigenvalue weighted by molar-refractivity contribution is 6.30. The molecule has 1 aromatic rings. The lowest BCUT2D eigenvalue weighted by Crippen LogP contribution is -2.22. The number of unbranched alkanes of at least 4 members (excludes halogenated alkanes) is 1. The molecule has 0 radical (unpaired) electrons. The molecular formula is C15H22ClNO2. The predicted octanol–water partition coefficient (Wildman–Crippen LogP) is 4.31. The molecule has 0 saturated carbocycles. The van der Waals surface area contributed by atoms with E-state index < -0.39 is 11.9 Å². The maximum absolute atomic E-state index is 11.6. The average molecular weight is 284 g/mol. The van der Waals surface area contributed by atoms with Crippen LogP contribution in [-0.2, 0) is 4.79 Å². The van der Waals surface area contributed by atoms with Crippen molar-refractivity contribution >= 4 is 23.3 Å². The van der Waals surface area contributed by atoms with Gasteiger partial charge in [0.15, 0.2) is 0 Å². The Morgan fingerprint density at radius 2 is 2.11 bits per heavy atom. The molecule has 2 unspecified atom stereocenters. The topological polar surface area (TPSA) is 63.3 Å². The van der Waals surface area contributed by atoms with Crippen LogP contribution in [0.3, 0.4) is 0 Å². The SMILES string of the molecule is CCCCC(CC)C(C(=O)O)c1cc(Cl)ccc1N. The Morgan fingerprint density at radius 3 is 2.63 bits per heavy atom. The number of hydrogen-bond donors (Lipinski definition) is 2. The fourth-order valence-corrected chi connectivity index (χ4v) is 2.66. The number of anilines is 1. The first-order valence-electron chi connectivity index (χ1n) is 6.78. The Kier molecular flexibility index (Phi) is 6.16. The van der Waals surface area contributed by atoms with Crippen LogP contribution in [-0.4, -0.2) is 11.1 Å². The summed E-state index contributed by atoms with van der Waals surface area (Å²) in [6, 6.07) is 5.05. The number of benzene rings is 1. The molecule has 0 bridgehead atoms. The fraction of sp³-hybridized carbons (Fsp3) is 0.533. The lowest BCUT2D eigenvalue weighted by molar-refractivity contribution is -0.140. The molecule has 0 aliphatic carbocycles. The molecule has 0 fully saturated rings. The first-order valence-corrected chi connectivity index (χ1v) is 7.16. The van der Waals surface area contributed by atoms with Gasteiger partial charge in [-0.15, -0.1) is 0 Å². The zero-order valence-electron chi connectivity index (χ0n) is 11.5. The van der Waals surface area contributed by atoms with Crippen LogP contribution >= 0.6 is 11.6 Å². The van der Waals surface area contributed by atoms with Crippen LogP contribution in [0, 0.1) is 5.92 Å². The van der Waals surface area contributed by atoms with E-state index in [1.165, 1.54) is 0 Å². The minimum atomic E-state index is -0.822. The molecule has 4 heteroatoms. The third-order valence-electron chi connectivity index (χ3n) is 3.57. The first kappa shape index (κ1) is 15.8. The van der Waals surface area contributed by atoms with Gasteiger partial charge in [0, 0.05) is 10.7 Å². The molecule has 3 nitrogen and oxygen atoms in total. The number of aliphatic carboxylic acids is 1. The zero-order chi connectivity index (χ0) is 14.4. The minimum Gasteiger partial charge on any atom is -0.481 e. The maximum atomic E-state index is 11.6. The maximum Gasteiger partial charge on any atom is 0.311 e. The Hall–Kier alpha value is -1.22. The van der Waals surface area contributed by atoms with Gasteiger partial charge in [-0.05, 0) is 36.1 Å². The van der Waals surface area contributed by atoms with Gasteiger partial charge in [0.25, 0.3) is 0 Å². The van der Waals surface area contributed by atoms with E-state index >= 15 is 0 Å². The second-order valence-electron chi connectivity index (χ2n) is 4.90. The van der Waals surface area contributed by atoms with Crippen molar-refractivity contribution in [2.45, 2.75) is 45.4 Å². The molecule has 106 valence electrons. The van der Waals surface area contributed by atoms with Gasteiger partial charge in [-0.25, -0.2) is 0 Å². The van der Waals surface area contributed by atoms with Gasteiger partial charge in [-0.2, -0.15) is 0 Å². The summed E-state index contributed by atoms with van der Waals surface area (Å²) >= 11 is 5.97. The number of rotatable bonds is 7. The number of carboxylic acids is 1. The number of hydrogen-bond acceptors (Lipinski definition) is 2. The second kappa shape index (κ2) is 7.39. The number of nitrogens with two attached hydrogens (primary N) is 1. The predicted molar refractivity (Wildman–Crippen MR) is 79.5 cm³/mol. The van der Waals surface area contributed by atoms with E-state index in [1.54, 1.807) is 18.2 Å². The molecule has 0 aliphatic heterocycles. The molecular weight excluding hydrogens is 262 g/mol. The van der Waals surface area contributed by atoms with Crippen molar-refractivity contribution in [2.24, 2.45) is 5.92 Å². The Morgan fingerprint density at radius 1 is 1.42 bits per heavy atom. The summed E-state index contributed by atoms with van der Waals surface area (Å²) in [5.41, 5.74) is 7.08. The highest BCUT2D eigenvalue weighted by atomic mass is 35.5. The smallest absolute Gasteiger partial charge is 0.311 e. The minimum absolute atomic E-state index is 0.0956. The monoisotopic (exact) mass is 283 g/mol. The van der Waals surface area contributed by atoms with Gasteiger partial charge in [-0.1, -0.05) is 44.7 Å². The summed E-state index contributed by atoms with van der Waals surface area (Å²) in [5.74, 6) is -1.30. The van der Waals surface area contributed by atoms with Crippen LogP contribution in [0.1, 0.15) is 51.0 Å². The quantitative estimate of drug-likeness (QED) is 0.733. The molecule has 0 heterocycles. The van der Waals surface area contributed by atoms with Gasteiger partial charge in [0.1, 0.15) is 0 Å². The van der Waals surface area contributed by atoms with Gasteiger partial charge in [0.05, 0.1) is 5.92 Å². The van der Waals surface area contributed by atoms with Crippen molar-refractivity contribution < 1.29 is 9.90 Å². The Bertz CT molecular complexity index is 434. The van der Waals surface area contributed by atoms with E-state index in [0.717, 1.165) is 25.7 Å². The summed E-state index contributed by atoms with van der Waals surface area (Å²) in [4.78, 5) is 11.6. The van der Waals surface area contributed by atoms with E-state index in [9.17, 15) is 9.90 Å². The van der Waals surface area contributed by atoms with Crippen LogP contribution in [0.5, 0.6) is 0 Å². The highest BCUT2D eigenvalue weighted by Gasteiger charge is 2.29. The normalized spacial score (nSPS) is 14.1. The van der Waals surface area contributed by atoms with Gasteiger partial charge >= 0.3 is 5.97 Å². The number of nitrogen functional groups attached to an aromatic ring is 1. The van der Waals surface area contributed by atoms with E-state index in [-0.39, 0.29) is 5.92 Å². The number of halogens is 1. The van der Waals surface area contributed by atoms with Crippen molar-refractivity contribution in [1.29, 1.82) is 0 Å². The van der Waals surface area contributed by atoms with Crippen LogP contribution < -0.4 is 5.73 Å². The molecule has 2 atom stereocenters. The van der Waals surface area contributed by atoms with Crippen molar-refractivity contribution in [1.82, 2.24) is 0 Å². The average Bonchev–Trinajstić information content (AvgIpc) is 2.37. The third-order valence-corrected chi connectivity index (χ3v) is 3.81. The van der Waals surface area contributed by atoms with Crippen LogP contribution in [0.25, 0.3) is 0 Å².